The minimum Gasteiger partial charge on any atom is -0.397 e. The lowest BCUT2D eigenvalue weighted by atomic mass is 10.1. The molecule has 1 saturated heterocycles. The molecule has 1 fully saturated rings. The third-order valence-electron chi connectivity index (χ3n) is 3.62. The molecule has 2 aromatic rings. The molecule has 1 aliphatic heterocycles. The van der Waals surface area contributed by atoms with Crippen LogP contribution in [0.1, 0.15) is 16.1 Å². The van der Waals surface area contributed by atoms with E-state index in [2.05, 4.69) is 20.4 Å². The lowest BCUT2D eigenvalue weighted by Gasteiger charge is -2.26. The maximum atomic E-state index is 12.1. The van der Waals surface area contributed by atoms with Crippen LogP contribution in [0, 0.1) is 0 Å². The van der Waals surface area contributed by atoms with Crippen LogP contribution < -0.4 is 11.1 Å². The Morgan fingerprint density at radius 3 is 2.91 bits per heavy atom. The van der Waals surface area contributed by atoms with Crippen LogP contribution in [0.15, 0.2) is 30.5 Å². The average molecular weight is 301 g/mol. The number of carbonyl (C=O) groups is 1. The van der Waals surface area contributed by atoms with E-state index in [-0.39, 0.29) is 5.91 Å². The van der Waals surface area contributed by atoms with Crippen LogP contribution in [0.25, 0.3) is 0 Å². The predicted octanol–water partition coefficient (Wildman–Crippen LogP) is 1.08. The maximum absolute atomic E-state index is 12.1. The second-order valence-corrected chi connectivity index (χ2v) is 5.23. The first-order chi connectivity index (χ1) is 10.7. The van der Waals surface area contributed by atoms with Crippen LogP contribution in [0.3, 0.4) is 0 Å². The molecule has 3 rings (SSSR count). The zero-order valence-corrected chi connectivity index (χ0v) is 12.2. The molecule has 2 heterocycles. The van der Waals surface area contributed by atoms with Crippen LogP contribution in [0.4, 0.5) is 11.4 Å². The number of H-pyrrole nitrogens is 1. The lowest BCUT2D eigenvalue weighted by molar-refractivity contribution is 0.0342. The number of amides is 1. The first-order valence-corrected chi connectivity index (χ1v) is 7.21. The van der Waals surface area contributed by atoms with Gasteiger partial charge in [0.05, 0.1) is 24.6 Å². The van der Waals surface area contributed by atoms with Gasteiger partial charge in [0.2, 0.25) is 0 Å². The summed E-state index contributed by atoms with van der Waals surface area (Å²) in [6.45, 7) is 4.17. The van der Waals surface area contributed by atoms with Gasteiger partial charge in [-0.3, -0.25) is 14.8 Å². The van der Waals surface area contributed by atoms with Crippen LogP contribution in [-0.4, -0.2) is 47.3 Å². The molecule has 0 radical (unpaired) electrons. The second kappa shape index (κ2) is 6.59. The number of rotatable bonds is 4. The largest absolute Gasteiger partial charge is 0.397 e. The van der Waals surface area contributed by atoms with Crippen molar-refractivity contribution in [1.82, 2.24) is 15.1 Å². The number of carbonyl (C=O) groups excluding carboxylic acids is 1. The highest BCUT2D eigenvalue weighted by Gasteiger charge is 2.13. The number of aromatic amines is 1. The lowest BCUT2D eigenvalue weighted by Crippen LogP contribution is -2.35. The summed E-state index contributed by atoms with van der Waals surface area (Å²) in [6.07, 6.45) is 1.53. The summed E-state index contributed by atoms with van der Waals surface area (Å²) < 4.78 is 5.35. The maximum Gasteiger partial charge on any atom is 0.273 e. The van der Waals surface area contributed by atoms with Crippen molar-refractivity contribution in [2.24, 2.45) is 0 Å². The summed E-state index contributed by atoms with van der Waals surface area (Å²) in [5.41, 5.74) is 8.61. The minimum absolute atomic E-state index is 0.257. The Balaban J connectivity index is 1.70. The molecule has 0 atom stereocenters. The molecule has 0 aliphatic carbocycles. The molecular weight excluding hydrogens is 282 g/mol. The van der Waals surface area contributed by atoms with Crippen LogP contribution in [0.5, 0.6) is 0 Å². The molecule has 4 N–H and O–H groups in total. The fraction of sp³-hybridized carbons (Fsp3) is 0.333. The molecule has 1 amide bonds. The zero-order valence-electron chi connectivity index (χ0n) is 12.2. The van der Waals surface area contributed by atoms with E-state index >= 15 is 0 Å². The van der Waals surface area contributed by atoms with Gasteiger partial charge >= 0.3 is 0 Å². The molecule has 116 valence electrons. The number of nitrogens with one attached hydrogen (secondary N) is 2. The van der Waals surface area contributed by atoms with Crippen molar-refractivity contribution in [2.75, 3.05) is 37.4 Å². The summed E-state index contributed by atoms with van der Waals surface area (Å²) in [4.78, 5) is 14.4. The van der Waals surface area contributed by atoms with Crippen molar-refractivity contribution in [3.63, 3.8) is 0 Å². The van der Waals surface area contributed by atoms with E-state index in [1.54, 1.807) is 6.07 Å². The van der Waals surface area contributed by atoms with Gasteiger partial charge < -0.3 is 15.8 Å². The van der Waals surface area contributed by atoms with E-state index in [9.17, 15) is 4.79 Å². The predicted molar refractivity (Wildman–Crippen MR) is 83.5 cm³/mol. The van der Waals surface area contributed by atoms with Crippen molar-refractivity contribution in [1.29, 1.82) is 0 Å². The highest BCUT2D eigenvalue weighted by molar-refractivity contribution is 6.04. The number of benzene rings is 1. The van der Waals surface area contributed by atoms with E-state index in [4.69, 9.17) is 10.5 Å². The van der Waals surface area contributed by atoms with Gasteiger partial charge in [-0.1, -0.05) is 6.07 Å². The molecule has 0 spiro atoms. The number of aromatic nitrogens is 2. The zero-order chi connectivity index (χ0) is 15.4. The van der Waals surface area contributed by atoms with E-state index in [0.29, 0.717) is 17.1 Å². The van der Waals surface area contributed by atoms with Gasteiger partial charge in [-0.25, -0.2) is 0 Å². The Bertz CT molecular complexity index is 635. The second-order valence-electron chi connectivity index (χ2n) is 5.23. The SMILES string of the molecule is Nc1ccc(CN2CCOCC2)cc1NC(=O)c1ccn[nH]1. The molecule has 22 heavy (non-hydrogen) atoms. The molecule has 1 aromatic heterocycles. The van der Waals surface area contributed by atoms with Crippen molar-refractivity contribution in [2.45, 2.75) is 6.54 Å². The average Bonchev–Trinajstić information content (AvgIpc) is 3.06. The number of ether oxygens (including phenoxy) is 1. The van der Waals surface area contributed by atoms with Gasteiger partial charge in [0.25, 0.3) is 5.91 Å². The number of nitrogen functional groups attached to an aromatic ring is 1. The number of nitrogens with zero attached hydrogens (tertiary/aromatic N) is 2. The number of hydrogen-bond acceptors (Lipinski definition) is 5. The molecule has 1 aromatic carbocycles. The molecule has 7 nitrogen and oxygen atoms in total. The van der Waals surface area contributed by atoms with Gasteiger partial charge in [-0.15, -0.1) is 0 Å². The summed E-state index contributed by atoms with van der Waals surface area (Å²) >= 11 is 0. The highest BCUT2D eigenvalue weighted by Crippen LogP contribution is 2.22. The van der Waals surface area contributed by atoms with Gasteiger partial charge in [0.1, 0.15) is 5.69 Å². The Morgan fingerprint density at radius 2 is 2.18 bits per heavy atom. The molecular formula is C15H19N5O2. The molecule has 0 saturated carbocycles. The quantitative estimate of drug-likeness (QED) is 0.734. The van der Waals surface area contributed by atoms with Crippen molar-refractivity contribution < 1.29 is 9.53 Å². The fourth-order valence-corrected chi connectivity index (χ4v) is 2.40. The van der Waals surface area contributed by atoms with E-state index < -0.39 is 0 Å². The van der Waals surface area contributed by atoms with Gasteiger partial charge in [0.15, 0.2) is 0 Å². The van der Waals surface area contributed by atoms with Gasteiger partial charge in [0, 0.05) is 25.8 Å². The Hall–Kier alpha value is -2.38. The summed E-state index contributed by atoms with van der Waals surface area (Å²) in [7, 11) is 0. The number of hydrogen-bond donors (Lipinski definition) is 3. The molecule has 7 heteroatoms. The van der Waals surface area contributed by atoms with Gasteiger partial charge in [-0.2, -0.15) is 5.10 Å². The standard InChI is InChI=1S/C15H19N5O2/c16-12-2-1-11(10-20-5-7-22-8-6-20)9-14(12)18-15(21)13-3-4-17-19-13/h1-4,9H,5-8,10,16H2,(H,17,19)(H,18,21). The van der Waals surface area contributed by atoms with Crippen molar-refractivity contribution >= 4 is 17.3 Å². The van der Waals surface area contributed by atoms with E-state index in [1.165, 1.54) is 6.20 Å². The Labute approximate surface area is 128 Å². The molecule has 1 aliphatic rings. The highest BCUT2D eigenvalue weighted by atomic mass is 16.5. The van der Waals surface area contributed by atoms with Crippen molar-refractivity contribution in [3.05, 3.63) is 41.7 Å². The summed E-state index contributed by atoms with van der Waals surface area (Å²) in [6, 6.07) is 7.33. The monoisotopic (exact) mass is 301 g/mol. The normalized spacial score (nSPS) is 15.6. The number of nitrogens with two attached hydrogens (primary N) is 1. The minimum atomic E-state index is -0.257. The Morgan fingerprint density at radius 1 is 1.36 bits per heavy atom. The fourth-order valence-electron chi connectivity index (χ4n) is 2.40. The van der Waals surface area contributed by atoms with E-state index in [0.717, 1.165) is 38.4 Å². The topological polar surface area (TPSA) is 96.3 Å². The third-order valence-corrected chi connectivity index (χ3v) is 3.62. The number of morpholine rings is 1. The van der Waals surface area contributed by atoms with Crippen LogP contribution in [0.2, 0.25) is 0 Å². The number of anilines is 2. The smallest absolute Gasteiger partial charge is 0.273 e. The first-order valence-electron chi connectivity index (χ1n) is 7.21. The Kier molecular flexibility index (Phi) is 4.36. The van der Waals surface area contributed by atoms with Gasteiger partial charge in [-0.05, 0) is 23.8 Å². The summed E-state index contributed by atoms with van der Waals surface area (Å²) in [5, 5.41) is 9.21. The molecule has 0 unspecified atom stereocenters. The molecule has 0 bridgehead atoms. The first kappa shape index (κ1) is 14.6. The van der Waals surface area contributed by atoms with Crippen molar-refractivity contribution in [3.8, 4) is 0 Å². The van der Waals surface area contributed by atoms with E-state index in [1.807, 2.05) is 18.2 Å². The summed E-state index contributed by atoms with van der Waals surface area (Å²) in [5.74, 6) is -0.257. The van der Waals surface area contributed by atoms with Crippen LogP contribution >= 0.6 is 0 Å². The van der Waals surface area contributed by atoms with Crippen LogP contribution in [-0.2, 0) is 11.3 Å². The third kappa shape index (κ3) is 3.44.